The Morgan fingerprint density at radius 3 is 2.40 bits per heavy atom. The molecule has 1 saturated heterocycles. The van der Waals surface area contributed by atoms with E-state index in [1.807, 2.05) is 0 Å². The van der Waals surface area contributed by atoms with Gasteiger partial charge in [-0.05, 0) is 72.6 Å². The quantitative estimate of drug-likeness (QED) is 0.109. The maximum absolute atomic E-state index is 15.9. The Kier molecular flexibility index (Phi) is 11.1. The van der Waals surface area contributed by atoms with Crippen molar-refractivity contribution in [2.24, 2.45) is 7.05 Å². The highest BCUT2D eigenvalue weighted by molar-refractivity contribution is 5.99. The SMILES string of the molecule is Cc1cc(N2CCOC[C@@H]2C(F)(F)F)cc(F)c1C(=O)N[C@@H](Cc1ccc(-n2c(=O)c3ccncc3n(C)c2=O)c2ncccc12)C(=O)Oc1ccc(OC(F)(F)F)cc1. The van der Waals surface area contributed by atoms with Gasteiger partial charge in [0.15, 0.2) is 0 Å². The predicted octanol–water partition coefficient (Wildman–Crippen LogP) is 5.69. The van der Waals surface area contributed by atoms with Crippen molar-refractivity contribution in [3.8, 4) is 17.2 Å². The van der Waals surface area contributed by atoms with Gasteiger partial charge >= 0.3 is 24.2 Å². The van der Waals surface area contributed by atoms with Crippen LogP contribution in [0.5, 0.6) is 11.5 Å². The largest absolute Gasteiger partial charge is 0.573 e. The van der Waals surface area contributed by atoms with Gasteiger partial charge in [0.25, 0.3) is 11.5 Å². The number of carbonyl (C=O) groups excluding carboxylic acids is 2. The van der Waals surface area contributed by atoms with Gasteiger partial charge in [-0.1, -0.05) is 12.1 Å². The third-order valence-electron chi connectivity index (χ3n) is 9.78. The topological polar surface area (TPSA) is 147 Å². The van der Waals surface area contributed by atoms with Crippen LogP contribution in [0, 0.1) is 12.7 Å². The number of amides is 1. The molecule has 7 rings (SSSR count). The van der Waals surface area contributed by atoms with Crippen molar-refractivity contribution in [1.82, 2.24) is 24.4 Å². The van der Waals surface area contributed by atoms with Crippen molar-refractivity contribution in [1.29, 1.82) is 0 Å². The minimum atomic E-state index is -5.00. The summed E-state index contributed by atoms with van der Waals surface area (Å²) in [7, 11) is 1.46. The minimum absolute atomic E-state index is 0.0596. The van der Waals surface area contributed by atoms with Gasteiger partial charge in [0, 0.05) is 43.5 Å². The van der Waals surface area contributed by atoms with Crippen LogP contribution in [0.25, 0.3) is 27.5 Å². The Balaban J connectivity index is 1.25. The molecule has 0 spiro atoms. The number of nitrogens with one attached hydrogen (secondary N) is 1. The molecule has 1 amide bonds. The maximum atomic E-state index is 15.9. The average molecular weight is 841 g/mol. The fraction of sp³-hybridized carbons (Fsp3) is 0.250. The van der Waals surface area contributed by atoms with Gasteiger partial charge in [-0.15, -0.1) is 13.2 Å². The summed E-state index contributed by atoms with van der Waals surface area (Å²) in [6.45, 7) is 0.341. The molecule has 0 saturated carbocycles. The van der Waals surface area contributed by atoms with Crippen LogP contribution in [0.15, 0.2) is 94.9 Å². The molecule has 0 aliphatic carbocycles. The van der Waals surface area contributed by atoms with E-state index < -0.39 is 77.9 Å². The minimum Gasteiger partial charge on any atom is -0.425 e. The smallest absolute Gasteiger partial charge is 0.425 e. The van der Waals surface area contributed by atoms with Crippen LogP contribution in [-0.4, -0.2) is 75.4 Å². The second-order valence-electron chi connectivity index (χ2n) is 13.6. The second-order valence-corrected chi connectivity index (χ2v) is 13.6. The van der Waals surface area contributed by atoms with Gasteiger partial charge in [0.1, 0.15) is 29.4 Å². The summed E-state index contributed by atoms with van der Waals surface area (Å²) >= 11 is 0. The first-order valence-electron chi connectivity index (χ1n) is 17.9. The highest BCUT2D eigenvalue weighted by Gasteiger charge is 2.46. The molecule has 0 bridgehead atoms. The molecule has 2 atom stereocenters. The lowest BCUT2D eigenvalue weighted by molar-refractivity contribution is -0.274. The Morgan fingerprint density at radius 1 is 0.967 bits per heavy atom. The molecular weight excluding hydrogens is 809 g/mol. The molecule has 3 aromatic heterocycles. The maximum Gasteiger partial charge on any atom is 0.573 e. The number of rotatable bonds is 9. The number of alkyl halides is 6. The first kappa shape index (κ1) is 41.3. The number of nitrogens with zero attached hydrogens (tertiary/aromatic N) is 5. The molecule has 6 aromatic rings. The van der Waals surface area contributed by atoms with Gasteiger partial charge in [-0.3, -0.25) is 24.1 Å². The van der Waals surface area contributed by atoms with Gasteiger partial charge in [-0.25, -0.2) is 18.5 Å². The van der Waals surface area contributed by atoms with Crippen molar-refractivity contribution in [2.45, 2.75) is 38.0 Å². The summed E-state index contributed by atoms with van der Waals surface area (Å²) in [4.78, 5) is 64.3. The number of ether oxygens (including phenoxy) is 3. The van der Waals surface area contributed by atoms with E-state index in [9.17, 15) is 45.5 Å². The zero-order chi connectivity index (χ0) is 43.1. The highest BCUT2D eigenvalue weighted by Crippen LogP contribution is 2.33. The lowest BCUT2D eigenvalue weighted by Crippen LogP contribution is -2.53. The number of anilines is 1. The lowest BCUT2D eigenvalue weighted by atomic mass is 9.99. The first-order chi connectivity index (χ1) is 28.4. The van der Waals surface area contributed by atoms with Crippen LogP contribution in [0.4, 0.5) is 36.4 Å². The van der Waals surface area contributed by atoms with Crippen LogP contribution in [0.3, 0.4) is 0 Å². The van der Waals surface area contributed by atoms with Gasteiger partial charge in [0.2, 0.25) is 0 Å². The fourth-order valence-electron chi connectivity index (χ4n) is 6.99. The van der Waals surface area contributed by atoms with E-state index in [4.69, 9.17) is 9.47 Å². The molecule has 13 nitrogen and oxygen atoms in total. The van der Waals surface area contributed by atoms with E-state index >= 15 is 4.39 Å². The number of fused-ring (bicyclic) bond motifs is 2. The Morgan fingerprint density at radius 2 is 1.70 bits per heavy atom. The first-order valence-corrected chi connectivity index (χ1v) is 17.9. The molecule has 60 heavy (non-hydrogen) atoms. The summed E-state index contributed by atoms with van der Waals surface area (Å²) in [6, 6.07) is 9.47. The van der Waals surface area contributed by atoms with Gasteiger partial charge in [0.05, 0.1) is 47.1 Å². The Hall–Kier alpha value is -6.83. The second kappa shape index (κ2) is 16.1. The molecule has 4 heterocycles. The van der Waals surface area contributed by atoms with Crippen molar-refractivity contribution in [3.63, 3.8) is 0 Å². The number of benzene rings is 3. The monoisotopic (exact) mass is 840 g/mol. The molecule has 1 aliphatic heterocycles. The lowest BCUT2D eigenvalue weighted by Gasteiger charge is -2.38. The van der Waals surface area contributed by atoms with Crippen LogP contribution in [-0.2, 0) is 23.0 Å². The summed E-state index contributed by atoms with van der Waals surface area (Å²) in [6.07, 6.45) is -5.94. The molecule has 1 N–H and O–H groups in total. The molecule has 3 aromatic carbocycles. The normalized spacial score (nSPS) is 15.2. The summed E-state index contributed by atoms with van der Waals surface area (Å²) < 4.78 is 112. The van der Waals surface area contributed by atoms with Crippen molar-refractivity contribution >= 4 is 39.4 Å². The zero-order valence-electron chi connectivity index (χ0n) is 31.3. The summed E-state index contributed by atoms with van der Waals surface area (Å²) in [5.74, 6) is -4.37. The molecule has 0 unspecified atom stereocenters. The standard InChI is InChI=1S/C40H31F7N6O7/c1-21-16-23(52-14-15-58-20-32(52)39(42,43)44)18-28(41)33(21)35(54)50-29(37(56)59-24-6-8-25(9-7-24)60-40(45,46)47)17-22-5-10-30(34-26(22)4-3-12-49-34)53-36(55)27-11-13-48-19-31(27)51(2)38(53)57/h3-13,16,18-19,29,32H,14-15,17,20H2,1-2H3,(H,50,54)/t29-,32+/m0/s1. The molecule has 312 valence electrons. The van der Waals surface area contributed by atoms with Crippen LogP contribution in [0.1, 0.15) is 21.5 Å². The number of aromatic nitrogens is 4. The van der Waals surface area contributed by atoms with E-state index in [-0.39, 0.29) is 52.3 Å². The molecule has 1 aliphatic rings. The van der Waals surface area contributed by atoms with Crippen LogP contribution < -0.4 is 30.9 Å². The summed E-state index contributed by atoms with van der Waals surface area (Å²) in [5, 5.41) is 2.94. The molecule has 0 radical (unpaired) electrons. The fourth-order valence-corrected chi connectivity index (χ4v) is 6.99. The third kappa shape index (κ3) is 8.35. The number of hydrogen-bond acceptors (Lipinski definition) is 10. The highest BCUT2D eigenvalue weighted by atomic mass is 19.4. The Labute approximate surface area is 333 Å². The number of carbonyl (C=O) groups is 2. The third-order valence-corrected chi connectivity index (χ3v) is 9.78. The van der Waals surface area contributed by atoms with E-state index in [2.05, 4.69) is 20.0 Å². The van der Waals surface area contributed by atoms with Gasteiger partial charge < -0.3 is 24.4 Å². The zero-order valence-corrected chi connectivity index (χ0v) is 31.3. The molecular formula is C40H31F7N6O7. The van der Waals surface area contributed by atoms with Crippen LogP contribution in [0.2, 0.25) is 0 Å². The van der Waals surface area contributed by atoms with E-state index in [0.29, 0.717) is 10.9 Å². The molecule has 20 heteroatoms. The number of halogens is 7. The number of hydrogen-bond donors (Lipinski definition) is 1. The van der Waals surface area contributed by atoms with E-state index in [1.165, 1.54) is 67.5 Å². The van der Waals surface area contributed by atoms with E-state index in [1.54, 1.807) is 6.07 Å². The Bertz CT molecular complexity index is 2730. The van der Waals surface area contributed by atoms with Crippen LogP contribution >= 0.6 is 0 Å². The predicted molar refractivity (Wildman–Crippen MR) is 201 cm³/mol. The van der Waals surface area contributed by atoms with E-state index in [0.717, 1.165) is 39.8 Å². The number of aryl methyl sites for hydroxylation is 2. The number of esters is 1. The molecule has 1 fully saturated rings. The average Bonchev–Trinajstić information content (AvgIpc) is 3.20. The van der Waals surface area contributed by atoms with Crippen molar-refractivity contribution in [3.05, 3.63) is 129 Å². The van der Waals surface area contributed by atoms with Crippen molar-refractivity contribution < 1.29 is 54.5 Å². The van der Waals surface area contributed by atoms with Gasteiger partial charge in [-0.2, -0.15) is 13.2 Å². The number of pyridine rings is 2. The number of morpholine rings is 1. The van der Waals surface area contributed by atoms with Crippen molar-refractivity contribution in [2.75, 3.05) is 24.7 Å². The summed E-state index contributed by atoms with van der Waals surface area (Å²) in [5.41, 5.74) is -1.39.